The summed E-state index contributed by atoms with van der Waals surface area (Å²) in [5, 5.41) is 3.65. The fraction of sp³-hybridized carbons (Fsp3) is 0.355. The molecule has 0 heterocycles. The van der Waals surface area contributed by atoms with Crippen LogP contribution in [0.25, 0.3) is 0 Å². The van der Waals surface area contributed by atoms with Crippen molar-refractivity contribution < 1.29 is 18.0 Å². The van der Waals surface area contributed by atoms with Crippen LogP contribution in [0.15, 0.2) is 72.8 Å². The first kappa shape index (κ1) is 32.4. The molecule has 0 fully saturated rings. The number of nitrogens with zero attached hydrogens (tertiary/aromatic N) is 2. The van der Waals surface area contributed by atoms with E-state index in [-0.39, 0.29) is 18.9 Å². The van der Waals surface area contributed by atoms with E-state index in [9.17, 15) is 18.0 Å². The Morgan fingerprint density at radius 3 is 2.22 bits per heavy atom. The molecule has 3 aromatic rings. The van der Waals surface area contributed by atoms with Crippen LogP contribution < -0.4 is 9.62 Å². The molecule has 3 rings (SSSR count). The van der Waals surface area contributed by atoms with Gasteiger partial charge in [-0.2, -0.15) is 0 Å². The normalized spacial score (nSPS) is 12.0. The highest BCUT2D eigenvalue weighted by Gasteiger charge is 2.33. The monoisotopic (exact) mass is 617 g/mol. The van der Waals surface area contributed by atoms with Crippen LogP contribution in [0.5, 0.6) is 0 Å². The number of rotatable bonds is 14. The second-order valence-electron chi connectivity index (χ2n) is 9.87. The summed E-state index contributed by atoms with van der Waals surface area (Å²) in [6.07, 6.45) is 3.60. The van der Waals surface area contributed by atoms with Gasteiger partial charge in [-0.15, -0.1) is 0 Å². The van der Waals surface area contributed by atoms with Crippen LogP contribution in [0, 0.1) is 0 Å². The van der Waals surface area contributed by atoms with E-state index in [0.717, 1.165) is 34.5 Å². The number of aryl methyl sites for hydroxylation is 1. The van der Waals surface area contributed by atoms with Gasteiger partial charge in [0.25, 0.3) is 0 Å². The molecule has 2 amide bonds. The van der Waals surface area contributed by atoms with Gasteiger partial charge in [-0.3, -0.25) is 13.9 Å². The van der Waals surface area contributed by atoms with Crippen LogP contribution in [0.4, 0.5) is 5.69 Å². The molecule has 7 nitrogen and oxygen atoms in total. The summed E-state index contributed by atoms with van der Waals surface area (Å²) in [5.74, 6) is -0.824. The fourth-order valence-corrected chi connectivity index (χ4v) is 5.74. The summed E-state index contributed by atoms with van der Waals surface area (Å²) < 4.78 is 27.1. The Labute approximate surface area is 253 Å². The molecule has 0 spiro atoms. The van der Waals surface area contributed by atoms with Gasteiger partial charge in [-0.1, -0.05) is 98.1 Å². The van der Waals surface area contributed by atoms with Gasteiger partial charge in [-0.05, 0) is 47.7 Å². The minimum absolute atomic E-state index is 0.0292. The van der Waals surface area contributed by atoms with E-state index < -0.39 is 28.5 Å². The Morgan fingerprint density at radius 2 is 1.59 bits per heavy atom. The molecule has 220 valence electrons. The molecule has 1 N–H and O–H groups in total. The molecule has 0 unspecified atom stereocenters. The van der Waals surface area contributed by atoms with Crippen molar-refractivity contribution >= 4 is 50.7 Å². The number of nitrogens with one attached hydrogen (secondary N) is 1. The molecule has 0 aliphatic carbocycles. The third-order valence-electron chi connectivity index (χ3n) is 6.76. The number of para-hydroxylation sites is 1. The largest absolute Gasteiger partial charge is 0.354 e. The van der Waals surface area contributed by atoms with Crippen molar-refractivity contribution in [2.75, 3.05) is 23.7 Å². The zero-order valence-corrected chi connectivity index (χ0v) is 26.0. The van der Waals surface area contributed by atoms with Gasteiger partial charge in [0.15, 0.2) is 0 Å². The molecule has 0 aliphatic rings. The third kappa shape index (κ3) is 9.21. The predicted octanol–water partition coefficient (Wildman–Crippen LogP) is 5.88. The number of carbonyl (C=O) groups excluding carboxylic acids is 2. The topological polar surface area (TPSA) is 86.8 Å². The number of amides is 2. The number of halogens is 2. The minimum Gasteiger partial charge on any atom is -0.354 e. The number of unbranched alkanes of at least 4 members (excludes halogenated alkanes) is 1. The smallest absolute Gasteiger partial charge is 0.244 e. The van der Waals surface area contributed by atoms with Crippen LogP contribution in [0.2, 0.25) is 10.0 Å². The molecular formula is C31H37Cl2N3O4S. The second-order valence-corrected chi connectivity index (χ2v) is 12.6. The standard InChI is InChI=1S/C31H37Cl2N3O4S/c1-4-6-18-34-31(38)29(20-23-12-8-7-9-13-23)35(21-24-16-17-26(32)27(33)19-24)30(37)22-36(41(3,39)40)28-15-11-10-14-25(28)5-2/h7-17,19,29H,4-6,18,20-22H2,1-3H3,(H,34,38)/t29-/m0/s1. The fourth-order valence-electron chi connectivity index (χ4n) is 4.54. The molecule has 0 radical (unpaired) electrons. The molecule has 41 heavy (non-hydrogen) atoms. The highest BCUT2D eigenvalue weighted by atomic mass is 35.5. The number of hydrogen-bond acceptors (Lipinski definition) is 4. The number of sulfonamides is 1. The zero-order chi connectivity index (χ0) is 30.0. The summed E-state index contributed by atoms with van der Waals surface area (Å²) in [4.78, 5) is 29.3. The zero-order valence-electron chi connectivity index (χ0n) is 23.6. The first-order chi connectivity index (χ1) is 19.5. The Kier molecular flexibility index (Phi) is 12.1. The molecular weight excluding hydrogens is 581 g/mol. The number of anilines is 1. The van der Waals surface area contributed by atoms with Crippen molar-refractivity contribution in [3.63, 3.8) is 0 Å². The lowest BCUT2D eigenvalue weighted by molar-refractivity contribution is -0.140. The highest BCUT2D eigenvalue weighted by Crippen LogP contribution is 2.26. The summed E-state index contributed by atoms with van der Waals surface area (Å²) in [6, 6.07) is 20.6. The molecule has 0 saturated heterocycles. The van der Waals surface area contributed by atoms with Crippen molar-refractivity contribution in [1.82, 2.24) is 10.2 Å². The number of hydrogen-bond donors (Lipinski definition) is 1. The van der Waals surface area contributed by atoms with Crippen LogP contribution in [-0.4, -0.2) is 50.5 Å². The van der Waals surface area contributed by atoms with Crippen molar-refractivity contribution in [3.05, 3.63) is 99.5 Å². The maximum atomic E-state index is 14.2. The van der Waals surface area contributed by atoms with E-state index in [1.807, 2.05) is 56.3 Å². The lowest BCUT2D eigenvalue weighted by Crippen LogP contribution is -2.53. The van der Waals surface area contributed by atoms with Gasteiger partial charge in [0.2, 0.25) is 21.8 Å². The van der Waals surface area contributed by atoms with Gasteiger partial charge in [0.1, 0.15) is 12.6 Å². The average molecular weight is 619 g/mol. The molecule has 0 aromatic heterocycles. The molecule has 0 bridgehead atoms. The summed E-state index contributed by atoms with van der Waals surface area (Å²) >= 11 is 12.4. The van der Waals surface area contributed by atoms with Crippen molar-refractivity contribution in [2.24, 2.45) is 0 Å². The molecule has 0 saturated carbocycles. The van der Waals surface area contributed by atoms with E-state index in [2.05, 4.69) is 5.32 Å². The number of carbonyl (C=O) groups is 2. The quantitative estimate of drug-likeness (QED) is 0.229. The summed E-state index contributed by atoms with van der Waals surface area (Å²) in [7, 11) is -3.84. The SMILES string of the molecule is CCCCNC(=O)[C@H](Cc1ccccc1)N(Cc1ccc(Cl)c(Cl)c1)C(=O)CN(c1ccccc1CC)S(C)(=O)=O. The molecule has 1 atom stereocenters. The van der Waals surface area contributed by atoms with Crippen LogP contribution >= 0.6 is 23.2 Å². The van der Waals surface area contributed by atoms with Gasteiger partial charge < -0.3 is 10.2 Å². The van der Waals surface area contributed by atoms with Gasteiger partial charge in [0.05, 0.1) is 22.0 Å². The summed E-state index contributed by atoms with van der Waals surface area (Å²) in [6.45, 7) is 3.98. The lowest BCUT2D eigenvalue weighted by Gasteiger charge is -2.34. The summed E-state index contributed by atoms with van der Waals surface area (Å²) in [5.41, 5.74) is 2.76. The molecule has 0 aliphatic heterocycles. The van der Waals surface area contributed by atoms with Gasteiger partial charge in [-0.25, -0.2) is 8.42 Å². The second kappa shape index (κ2) is 15.2. The van der Waals surface area contributed by atoms with Crippen LogP contribution in [0.3, 0.4) is 0 Å². The maximum absolute atomic E-state index is 14.2. The Bertz CT molecular complexity index is 1430. The number of benzene rings is 3. The Morgan fingerprint density at radius 1 is 0.902 bits per heavy atom. The van der Waals surface area contributed by atoms with Crippen molar-refractivity contribution in [3.8, 4) is 0 Å². The third-order valence-corrected chi connectivity index (χ3v) is 8.62. The highest BCUT2D eigenvalue weighted by molar-refractivity contribution is 7.92. The predicted molar refractivity (Wildman–Crippen MR) is 167 cm³/mol. The minimum atomic E-state index is -3.84. The first-order valence-corrected chi connectivity index (χ1v) is 16.3. The lowest BCUT2D eigenvalue weighted by atomic mass is 10.0. The van der Waals surface area contributed by atoms with E-state index in [1.165, 1.54) is 4.90 Å². The van der Waals surface area contributed by atoms with Gasteiger partial charge in [0, 0.05) is 19.5 Å². The maximum Gasteiger partial charge on any atom is 0.244 e. The average Bonchev–Trinajstić information content (AvgIpc) is 2.95. The van der Waals surface area contributed by atoms with E-state index in [1.54, 1.807) is 30.3 Å². The first-order valence-electron chi connectivity index (χ1n) is 13.7. The van der Waals surface area contributed by atoms with Gasteiger partial charge >= 0.3 is 0 Å². The van der Waals surface area contributed by atoms with E-state index >= 15 is 0 Å². The van der Waals surface area contributed by atoms with Crippen molar-refractivity contribution in [1.29, 1.82) is 0 Å². The van der Waals surface area contributed by atoms with Crippen LogP contribution in [0.1, 0.15) is 43.4 Å². The van der Waals surface area contributed by atoms with Crippen molar-refractivity contribution in [2.45, 2.75) is 52.1 Å². The Balaban J connectivity index is 2.07. The van der Waals surface area contributed by atoms with E-state index in [4.69, 9.17) is 23.2 Å². The van der Waals surface area contributed by atoms with Crippen LogP contribution in [-0.2, 0) is 39.0 Å². The Hall–Kier alpha value is -3.07. The molecule has 3 aromatic carbocycles. The molecule has 10 heteroatoms. The van der Waals surface area contributed by atoms with E-state index in [0.29, 0.717) is 34.3 Å².